The highest BCUT2D eigenvalue weighted by atomic mass is 35.5. The second kappa shape index (κ2) is 24.9. The maximum Gasteiger partial charge on any atom is 0.264 e. The minimum absolute atomic E-state index is 0.111. The van der Waals surface area contributed by atoms with E-state index < -0.39 is 42.4 Å². The Hall–Kier alpha value is -4.58. The lowest BCUT2D eigenvalue weighted by Gasteiger charge is -2.45. The first-order chi connectivity index (χ1) is 40.1. The van der Waals surface area contributed by atoms with Crippen molar-refractivity contribution in [2.24, 2.45) is 35.5 Å². The lowest BCUT2D eigenvalue weighted by atomic mass is 9.68. The van der Waals surface area contributed by atoms with Crippen molar-refractivity contribution in [3.63, 3.8) is 0 Å². The Bertz CT molecular complexity index is 3110. The van der Waals surface area contributed by atoms with E-state index in [1.165, 1.54) is 22.3 Å². The number of rotatable bonds is 0. The highest BCUT2D eigenvalue weighted by molar-refractivity contribution is 7.91. The summed E-state index contributed by atoms with van der Waals surface area (Å²) >= 11 is 12.8. The molecule has 8 aliphatic rings. The molecule has 4 heterocycles. The zero-order chi connectivity index (χ0) is 59.3. The van der Waals surface area contributed by atoms with Crippen LogP contribution in [0.5, 0.6) is 11.5 Å². The summed E-state index contributed by atoms with van der Waals surface area (Å²) in [6.07, 6.45) is 15.8. The number of nitrogens with zero attached hydrogens (tertiary/aromatic N) is 2. The Morgan fingerprint density at radius 3 is 1.32 bits per heavy atom. The molecule has 456 valence electrons. The normalized spacial score (nSPS) is 33.2. The molecule has 4 aliphatic heterocycles. The highest BCUT2D eigenvalue weighted by Gasteiger charge is 2.47. The molecule has 0 unspecified atom stereocenters. The summed E-state index contributed by atoms with van der Waals surface area (Å²) < 4.78 is 70.6. The number of hydrogen-bond acceptors (Lipinski definition) is 12. The molecule has 0 saturated heterocycles. The standard InChI is InChI=1S/2C33H43ClN2O5S/c2*1-21-6-3-4-8-30(37)27-12-9-25(27)18-36-19-33(15-5-7-23-16-26(34)11-13-28(23)33)20-41-31-14-10-24(17-29(31)36)32(38)35-42(39,40)22(21)2/h2*10-11,13-14,16-17,21-22,25,27,30,37H,3-9,12,15,18-20H2,1-2H3,(H,35,38)/t21-,22+,25-,27+,30-,33-;21-,22-,25-,27+,30-,33-/m00/s1. The third kappa shape index (κ3) is 12.6. The second-order valence-corrected chi connectivity index (χ2v) is 31.5. The molecule has 14 nitrogen and oxygen atoms in total. The summed E-state index contributed by atoms with van der Waals surface area (Å²) in [5, 5.41) is 22.5. The van der Waals surface area contributed by atoms with Gasteiger partial charge in [-0.2, -0.15) is 0 Å². The first-order valence-electron chi connectivity index (χ1n) is 31.2. The fourth-order valence-electron chi connectivity index (χ4n) is 15.4. The van der Waals surface area contributed by atoms with Crippen molar-refractivity contribution in [2.45, 2.75) is 177 Å². The molecule has 84 heavy (non-hydrogen) atoms. The fraction of sp³-hybridized carbons (Fsp3) is 0.606. The molecule has 2 fully saturated rings. The van der Waals surface area contributed by atoms with Crippen molar-refractivity contribution >= 4 is 66.4 Å². The van der Waals surface area contributed by atoms with Crippen LogP contribution in [0.3, 0.4) is 0 Å². The molecule has 18 heteroatoms. The molecular weight excluding hydrogens is 1140 g/mol. The van der Waals surface area contributed by atoms with Gasteiger partial charge in [0.1, 0.15) is 11.5 Å². The first-order valence-corrected chi connectivity index (χ1v) is 35.1. The molecule has 12 rings (SSSR count). The third-order valence-corrected chi connectivity index (χ3v) is 25.6. The number of nitrogens with one attached hydrogen (secondary N) is 2. The zero-order valence-electron chi connectivity index (χ0n) is 49.3. The number of ether oxygens (including phenoxy) is 2. The van der Waals surface area contributed by atoms with Crippen LogP contribution in [0.1, 0.15) is 173 Å². The van der Waals surface area contributed by atoms with Gasteiger partial charge in [-0.25, -0.2) is 26.3 Å². The van der Waals surface area contributed by atoms with Crippen LogP contribution in [-0.2, 0) is 43.7 Å². The summed E-state index contributed by atoms with van der Waals surface area (Å²) in [4.78, 5) is 31.4. The molecule has 0 radical (unpaired) electrons. The summed E-state index contributed by atoms with van der Waals surface area (Å²) in [6.45, 7) is 11.1. The van der Waals surface area contributed by atoms with Gasteiger partial charge in [0.15, 0.2) is 0 Å². The number of benzene rings is 4. The van der Waals surface area contributed by atoms with E-state index in [1.807, 2.05) is 38.1 Å². The van der Waals surface area contributed by atoms with Gasteiger partial charge in [0, 0.05) is 58.2 Å². The van der Waals surface area contributed by atoms with Gasteiger partial charge in [0.25, 0.3) is 11.8 Å². The number of sulfonamides is 2. The van der Waals surface area contributed by atoms with Crippen molar-refractivity contribution in [1.29, 1.82) is 0 Å². The molecule has 4 aromatic rings. The van der Waals surface area contributed by atoms with E-state index in [0.29, 0.717) is 60.8 Å². The molecule has 4 aromatic carbocycles. The van der Waals surface area contributed by atoms with Gasteiger partial charge >= 0.3 is 0 Å². The van der Waals surface area contributed by atoms with Crippen LogP contribution in [0, 0.1) is 35.5 Å². The summed E-state index contributed by atoms with van der Waals surface area (Å²) in [5.74, 6) is 1.10. The quantitative estimate of drug-likeness (QED) is 0.130. The van der Waals surface area contributed by atoms with E-state index >= 15 is 0 Å². The lowest BCUT2D eigenvalue weighted by molar-refractivity contribution is 0.00872. The van der Waals surface area contributed by atoms with Crippen LogP contribution in [0.4, 0.5) is 11.4 Å². The number of aliphatic hydroxyl groups excluding tert-OH is 2. The maximum absolute atomic E-state index is 13.4. The van der Waals surface area contributed by atoms with Gasteiger partial charge in [0.2, 0.25) is 20.0 Å². The number of carbonyl (C=O) groups excluding carboxylic acids is 2. The van der Waals surface area contributed by atoms with Crippen LogP contribution < -0.4 is 28.7 Å². The largest absolute Gasteiger partial charge is 0.490 e. The summed E-state index contributed by atoms with van der Waals surface area (Å²) in [6, 6.07) is 22.9. The van der Waals surface area contributed by atoms with Gasteiger partial charge in [-0.15, -0.1) is 0 Å². The molecule has 4 aliphatic carbocycles. The molecule has 2 amide bonds. The molecule has 0 aromatic heterocycles. The van der Waals surface area contributed by atoms with Crippen LogP contribution in [0.25, 0.3) is 0 Å². The van der Waals surface area contributed by atoms with Crippen molar-refractivity contribution in [3.8, 4) is 11.5 Å². The molecular formula is C66H86Cl2N4O10S2. The van der Waals surface area contributed by atoms with Crippen molar-refractivity contribution in [2.75, 3.05) is 49.2 Å². The highest BCUT2D eigenvalue weighted by Crippen LogP contribution is 2.50. The number of halogens is 2. The van der Waals surface area contributed by atoms with Gasteiger partial charge in [-0.1, -0.05) is 74.9 Å². The Morgan fingerprint density at radius 1 is 0.524 bits per heavy atom. The van der Waals surface area contributed by atoms with Crippen molar-refractivity contribution in [3.05, 3.63) is 116 Å². The van der Waals surface area contributed by atoms with Gasteiger partial charge in [-0.05, 0) is 222 Å². The van der Waals surface area contributed by atoms with Crippen LogP contribution in [-0.4, -0.2) is 101 Å². The van der Waals surface area contributed by atoms with Crippen molar-refractivity contribution in [1.82, 2.24) is 9.44 Å². The Labute approximate surface area is 508 Å². The van der Waals surface area contributed by atoms with Crippen LogP contribution in [0.15, 0.2) is 72.8 Å². The molecule has 12 atom stereocenters. The number of anilines is 2. The topological polar surface area (TPSA) is 192 Å². The maximum atomic E-state index is 13.4. The lowest BCUT2D eigenvalue weighted by Crippen LogP contribution is -2.49. The predicted molar refractivity (Wildman–Crippen MR) is 332 cm³/mol. The average molecular weight is 1230 g/mol. The second-order valence-electron chi connectivity index (χ2n) is 26.6. The number of carbonyl (C=O) groups is 2. The van der Waals surface area contributed by atoms with E-state index in [0.717, 1.165) is 150 Å². The molecule has 4 bridgehead atoms. The summed E-state index contributed by atoms with van der Waals surface area (Å²) in [5.41, 5.74) is 6.79. The number of hydrogen-bond donors (Lipinski definition) is 4. The number of amides is 2. The number of aliphatic hydroxyl groups is 2. The van der Waals surface area contributed by atoms with Crippen molar-refractivity contribution < 1.29 is 46.1 Å². The van der Waals surface area contributed by atoms with E-state index in [9.17, 15) is 36.6 Å². The Balaban J connectivity index is 0.000000175. The van der Waals surface area contributed by atoms with E-state index in [4.69, 9.17) is 32.7 Å². The minimum atomic E-state index is -3.87. The van der Waals surface area contributed by atoms with Gasteiger partial charge < -0.3 is 29.5 Å². The van der Waals surface area contributed by atoms with E-state index in [1.54, 1.807) is 38.1 Å². The van der Waals surface area contributed by atoms with Crippen LogP contribution >= 0.6 is 23.2 Å². The van der Waals surface area contributed by atoms with Gasteiger partial charge in [0.05, 0.1) is 47.3 Å². The number of fused-ring (bicyclic) bond motifs is 8. The van der Waals surface area contributed by atoms with Gasteiger partial charge in [-0.3, -0.25) is 9.59 Å². The number of aryl methyl sites for hydroxylation is 2. The molecule has 2 spiro atoms. The predicted octanol–water partition coefficient (Wildman–Crippen LogP) is 11.7. The third-order valence-electron chi connectivity index (χ3n) is 21.3. The van der Waals surface area contributed by atoms with Crippen LogP contribution in [0.2, 0.25) is 10.0 Å². The smallest absolute Gasteiger partial charge is 0.264 e. The minimum Gasteiger partial charge on any atom is -0.490 e. The zero-order valence-corrected chi connectivity index (χ0v) is 52.4. The first kappa shape index (κ1) is 61.1. The monoisotopic (exact) mass is 1230 g/mol. The fourth-order valence-corrected chi connectivity index (χ4v) is 18.5. The SMILES string of the molecule is C[C@@H]1[C@@H](C)CCCC[C@H](O)[C@@H]2CC[C@H]2CN2C[C@@]3(CCCc4cc(Cl)ccc43)COc3ccc(cc32)C(=O)NS1(=O)=O.C[C@H]1CCCC[C@H](O)[C@@H]2CC[C@H]2CN2C[C@@]3(CCCc4cc(Cl)ccc43)COc3ccc(cc32)C(=O)NS(=O)(=O)[C@H]1C. The summed E-state index contributed by atoms with van der Waals surface area (Å²) in [7, 11) is -7.73. The van der Waals surface area contributed by atoms with E-state index in [-0.39, 0.29) is 46.7 Å². The molecule has 4 N–H and O–H groups in total. The Morgan fingerprint density at radius 2 is 0.929 bits per heavy atom. The average Bonchev–Trinajstić information content (AvgIpc) is 2.59. The molecule has 2 saturated carbocycles. The Kier molecular flexibility index (Phi) is 18.1. The van der Waals surface area contributed by atoms with E-state index in [2.05, 4.69) is 43.5 Å².